The third kappa shape index (κ3) is 1.20. The number of nitrogens with two attached hydrogens (primary N) is 1. The highest BCUT2D eigenvalue weighted by Gasteiger charge is 2.32. The van der Waals surface area contributed by atoms with Crippen LogP contribution >= 0.6 is 0 Å². The summed E-state index contributed by atoms with van der Waals surface area (Å²) in [4.78, 5) is 15.5. The molecule has 0 atom stereocenters. The number of aromatic nitrogens is 3. The highest BCUT2D eigenvalue weighted by atomic mass is 16.1. The summed E-state index contributed by atoms with van der Waals surface area (Å²) in [5, 5.41) is 4.15. The Labute approximate surface area is 85.9 Å². The minimum absolute atomic E-state index is 0.371. The number of carbonyl (C=O) groups excluding carboxylic acids is 1. The summed E-state index contributed by atoms with van der Waals surface area (Å²) in [6.45, 7) is 0. The largest absolute Gasteiger partial charge is 0.364 e. The molecule has 1 aliphatic rings. The van der Waals surface area contributed by atoms with Gasteiger partial charge in [0, 0.05) is 18.0 Å². The molecule has 0 radical (unpaired) electrons. The average molecular weight is 202 g/mol. The van der Waals surface area contributed by atoms with Crippen LogP contribution in [0.1, 0.15) is 34.8 Å². The molecule has 1 saturated carbocycles. The first kappa shape index (κ1) is 8.40. The van der Waals surface area contributed by atoms with E-state index >= 15 is 0 Å². The van der Waals surface area contributed by atoms with E-state index in [1.807, 2.05) is 0 Å². The monoisotopic (exact) mass is 202 g/mol. The number of hydrogen-bond donors (Lipinski definition) is 1. The number of fused-ring (bicyclic) bond motifs is 1. The van der Waals surface area contributed by atoms with Gasteiger partial charge in [0.2, 0.25) is 0 Å². The smallest absolute Gasteiger partial charge is 0.269 e. The van der Waals surface area contributed by atoms with Crippen LogP contribution < -0.4 is 5.73 Å². The van der Waals surface area contributed by atoms with E-state index in [-0.39, 0.29) is 0 Å². The second kappa shape index (κ2) is 2.79. The van der Waals surface area contributed by atoms with Gasteiger partial charge in [0.25, 0.3) is 5.91 Å². The Kier molecular flexibility index (Phi) is 1.56. The molecule has 0 spiro atoms. The molecule has 0 bridgehead atoms. The highest BCUT2D eigenvalue weighted by Crippen LogP contribution is 2.43. The SMILES string of the molecule is NC(=O)c1nn2cccnc2c1C1CC1. The minimum Gasteiger partial charge on any atom is -0.364 e. The molecule has 0 unspecified atom stereocenters. The summed E-state index contributed by atoms with van der Waals surface area (Å²) in [5.41, 5.74) is 7.35. The van der Waals surface area contributed by atoms with Crippen molar-refractivity contribution in [3.8, 4) is 0 Å². The molecule has 2 N–H and O–H groups in total. The Morgan fingerprint density at radius 1 is 1.53 bits per heavy atom. The van der Waals surface area contributed by atoms with E-state index in [1.165, 1.54) is 0 Å². The minimum atomic E-state index is -0.470. The van der Waals surface area contributed by atoms with E-state index < -0.39 is 5.91 Å². The van der Waals surface area contributed by atoms with E-state index in [4.69, 9.17) is 5.73 Å². The zero-order chi connectivity index (χ0) is 10.4. The Morgan fingerprint density at radius 3 is 3.00 bits per heavy atom. The maximum absolute atomic E-state index is 11.2. The van der Waals surface area contributed by atoms with Gasteiger partial charge in [-0.2, -0.15) is 5.10 Å². The molecule has 0 saturated heterocycles. The summed E-state index contributed by atoms with van der Waals surface area (Å²) >= 11 is 0. The van der Waals surface area contributed by atoms with Gasteiger partial charge in [-0.25, -0.2) is 9.50 Å². The van der Waals surface area contributed by atoms with Gasteiger partial charge < -0.3 is 5.73 Å². The van der Waals surface area contributed by atoms with Crippen LogP contribution in [0, 0.1) is 0 Å². The zero-order valence-electron chi connectivity index (χ0n) is 8.05. The van der Waals surface area contributed by atoms with Crippen LogP contribution in [-0.4, -0.2) is 20.5 Å². The van der Waals surface area contributed by atoms with Crippen molar-refractivity contribution in [2.24, 2.45) is 5.73 Å². The lowest BCUT2D eigenvalue weighted by molar-refractivity contribution is 0.0994. The van der Waals surface area contributed by atoms with Crippen molar-refractivity contribution in [3.63, 3.8) is 0 Å². The topological polar surface area (TPSA) is 73.3 Å². The summed E-state index contributed by atoms with van der Waals surface area (Å²) < 4.78 is 1.62. The van der Waals surface area contributed by atoms with Crippen molar-refractivity contribution in [1.29, 1.82) is 0 Å². The Morgan fingerprint density at radius 2 is 2.33 bits per heavy atom. The molecule has 76 valence electrons. The summed E-state index contributed by atoms with van der Waals surface area (Å²) in [6, 6.07) is 1.78. The van der Waals surface area contributed by atoms with Crippen LogP contribution in [0.2, 0.25) is 0 Å². The fraction of sp³-hybridized carbons (Fsp3) is 0.300. The molecule has 15 heavy (non-hydrogen) atoms. The van der Waals surface area contributed by atoms with Crippen LogP contribution in [0.25, 0.3) is 5.65 Å². The summed E-state index contributed by atoms with van der Waals surface area (Å²) in [5.74, 6) is -0.0534. The fourth-order valence-corrected chi connectivity index (χ4v) is 1.83. The third-order valence-corrected chi connectivity index (χ3v) is 2.65. The first-order valence-electron chi connectivity index (χ1n) is 4.90. The second-order valence-corrected chi connectivity index (χ2v) is 3.79. The zero-order valence-corrected chi connectivity index (χ0v) is 8.05. The Bertz CT molecular complexity index is 541. The summed E-state index contributed by atoms with van der Waals surface area (Å²) in [7, 11) is 0. The van der Waals surface area contributed by atoms with Crippen molar-refractivity contribution in [2.45, 2.75) is 18.8 Å². The van der Waals surface area contributed by atoms with Gasteiger partial charge in [-0.05, 0) is 24.8 Å². The molecule has 1 fully saturated rings. The number of nitrogens with zero attached hydrogens (tertiary/aromatic N) is 3. The quantitative estimate of drug-likeness (QED) is 0.779. The Balaban J connectivity index is 2.33. The van der Waals surface area contributed by atoms with E-state index in [1.54, 1.807) is 23.0 Å². The van der Waals surface area contributed by atoms with Crippen LogP contribution in [-0.2, 0) is 0 Å². The molecule has 5 nitrogen and oxygen atoms in total. The number of hydrogen-bond acceptors (Lipinski definition) is 3. The van der Waals surface area contributed by atoms with Gasteiger partial charge >= 0.3 is 0 Å². The first-order valence-corrected chi connectivity index (χ1v) is 4.90. The van der Waals surface area contributed by atoms with Gasteiger partial charge in [-0.1, -0.05) is 0 Å². The molecule has 0 aromatic carbocycles. The van der Waals surface area contributed by atoms with E-state index in [0.29, 0.717) is 11.6 Å². The third-order valence-electron chi connectivity index (χ3n) is 2.65. The van der Waals surface area contributed by atoms with Gasteiger partial charge in [-0.3, -0.25) is 4.79 Å². The van der Waals surface area contributed by atoms with Gasteiger partial charge in [0.15, 0.2) is 11.3 Å². The normalized spacial score (nSPS) is 15.7. The number of primary amides is 1. The van der Waals surface area contributed by atoms with Crippen molar-refractivity contribution < 1.29 is 4.79 Å². The molecule has 2 aromatic heterocycles. The molecular formula is C10H10N4O. The van der Waals surface area contributed by atoms with Gasteiger partial charge in [0.05, 0.1) is 0 Å². The molecule has 0 aliphatic heterocycles. The van der Waals surface area contributed by atoms with Crippen LogP contribution in [0.4, 0.5) is 0 Å². The molecule has 3 rings (SSSR count). The maximum atomic E-state index is 11.2. The highest BCUT2D eigenvalue weighted by molar-refractivity contribution is 5.94. The first-order chi connectivity index (χ1) is 7.27. The van der Waals surface area contributed by atoms with E-state index in [9.17, 15) is 4.79 Å². The fourth-order valence-electron chi connectivity index (χ4n) is 1.83. The Hall–Kier alpha value is -1.91. The molecule has 5 heteroatoms. The number of amides is 1. The van der Waals surface area contributed by atoms with E-state index in [2.05, 4.69) is 10.1 Å². The van der Waals surface area contributed by atoms with Crippen molar-refractivity contribution in [1.82, 2.24) is 14.6 Å². The lowest BCUT2D eigenvalue weighted by atomic mass is 10.1. The number of rotatable bonds is 2. The average Bonchev–Trinajstić information content (AvgIpc) is 2.98. The summed E-state index contributed by atoms with van der Waals surface area (Å²) in [6.07, 6.45) is 5.67. The van der Waals surface area contributed by atoms with E-state index in [0.717, 1.165) is 24.1 Å². The van der Waals surface area contributed by atoms with Crippen molar-refractivity contribution in [3.05, 3.63) is 29.7 Å². The molecular weight excluding hydrogens is 192 g/mol. The van der Waals surface area contributed by atoms with Gasteiger partial charge in [0.1, 0.15) is 0 Å². The van der Waals surface area contributed by atoms with Crippen LogP contribution in [0.5, 0.6) is 0 Å². The molecule has 2 heterocycles. The lowest BCUT2D eigenvalue weighted by Crippen LogP contribution is -2.13. The van der Waals surface area contributed by atoms with Gasteiger partial charge in [-0.15, -0.1) is 0 Å². The molecule has 1 amide bonds. The predicted molar refractivity (Wildman–Crippen MR) is 53.5 cm³/mol. The number of carbonyl (C=O) groups is 1. The van der Waals surface area contributed by atoms with Crippen LogP contribution in [0.15, 0.2) is 18.5 Å². The maximum Gasteiger partial charge on any atom is 0.269 e. The molecule has 1 aliphatic carbocycles. The molecule has 2 aromatic rings. The van der Waals surface area contributed by atoms with Crippen molar-refractivity contribution >= 4 is 11.6 Å². The standard InChI is InChI=1S/C10H10N4O/c11-9(15)8-7(6-2-3-6)10-12-4-1-5-14(10)13-8/h1,4-6H,2-3H2,(H2,11,15). The van der Waals surface area contributed by atoms with Crippen molar-refractivity contribution in [2.75, 3.05) is 0 Å². The second-order valence-electron chi connectivity index (χ2n) is 3.79. The van der Waals surface area contributed by atoms with Crippen LogP contribution in [0.3, 0.4) is 0 Å². The predicted octanol–water partition coefficient (Wildman–Crippen LogP) is 0.706. The lowest BCUT2D eigenvalue weighted by Gasteiger charge is -1.95.